The highest BCUT2D eigenvalue weighted by molar-refractivity contribution is 6.01. The van der Waals surface area contributed by atoms with Crippen molar-refractivity contribution in [2.45, 2.75) is 78.6 Å². The topological polar surface area (TPSA) is 108 Å². The number of aromatic hydroxyl groups is 1. The van der Waals surface area contributed by atoms with Crippen LogP contribution in [0.2, 0.25) is 0 Å². The van der Waals surface area contributed by atoms with E-state index in [1.165, 1.54) is 0 Å². The highest BCUT2D eigenvalue weighted by Gasteiger charge is 2.49. The number of amides is 3. The number of phenolic OH excluding ortho intramolecular Hbond substituents is 1. The Kier molecular flexibility index (Phi) is 8.61. The van der Waals surface area contributed by atoms with Gasteiger partial charge in [0.15, 0.2) is 0 Å². The summed E-state index contributed by atoms with van der Waals surface area (Å²) in [6.07, 6.45) is -0.00101. The summed E-state index contributed by atoms with van der Waals surface area (Å²) in [5.74, 6) is -1.04. The number of hydrogen-bond donors (Lipinski definition) is 3. The monoisotopic (exact) mass is 559 g/mol. The van der Waals surface area contributed by atoms with E-state index in [1.54, 1.807) is 50.8 Å². The van der Waals surface area contributed by atoms with Crippen LogP contribution in [0, 0.1) is 18.8 Å². The summed E-state index contributed by atoms with van der Waals surface area (Å²) in [5, 5.41) is 18.9. The molecule has 4 rings (SSSR count). The summed E-state index contributed by atoms with van der Waals surface area (Å²) in [7, 11) is 0. The van der Waals surface area contributed by atoms with Gasteiger partial charge in [-0.3, -0.25) is 9.59 Å². The Hall–Kier alpha value is -4.07. The first-order chi connectivity index (χ1) is 19.3. The summed E-state index contributed by atoms with van der Waals surface area (Å²) in [5.41, 5.74) is 0.758. The minimum Gasteiger partial charge on any atom is -0.507 e. The van der Waals surface area contributed by atoms with Gasteiger partial charge in [0.05, 0.1) is 0 Å². The number of ether oxygens (including phenoxy) is 1. The standard InChI is InChI=1S/C33H41N3O5/c1-19(2)27(35-32(40)41-33(5,6)7)31(39)36(26-17-21(26)4)28(25-14-10-11-20(3)29(25)37)30(38)34-24-16-15-22-12-8-9-13-23(22)18-24/h8-16,18-19,21,26-28,37H,17H2,1-7H3,(H,34,38)(H,35,40). The Morgan fingerprint density at radius 2 is 1.66 bits per heavy atom. The van der Waals surface area contributed by atoms with Gasteiger partial charge in [0.25, 0.3) is 5.91 Å². The maximum absolute atomic E-state index is 14.3. The van der Waals surface area contributed by atoms with E-state index in [2.05, 4.69) is 10.6 Å². The number of carbonyl (C=O) groups excluding carboxylic acids is 3. The van der Waals surface area contributed by atoms with Crippen molar-refractivity contribution < 1.29 is 24.2 Å². The minimum atomic E-state index is -1.13. The molecule has 4 unspecified atom stereocenters. The predicted molar refractivity (Wildman–Crippen MR) is 161 cm³/mol. The van der Waals surface area contributed by atoms with Gasteiger partial charge in [0.1, 0.15) is 23.4 Å². The van der Waals surface area contributed by atoms with E-state index in [9.17, 15) is 19.5 Å². The number of anilines is 1. The molecule has 218 valence electrons. The maximum Gasteiger partial charge on any atom is 0.408 e. The molecule has 0 heterocycles. The number of hydrogen-bond acceptors (Lipinski definition) is 5. The summed E-state index contributed by atoms with van der Waals surface area (Å²) in [6.45, 7) is 12.7. The Morgan fingerprint density at radius 1 is 1.00 bits per heavy atom. The Balaban J connectivity index is 1.75. The number of alkyl carbamates (subject to hydrolysis) is 1. The molecule has 1 saturated carbocycles. The lowest BCUT2D eigenvalue weighted by Gasteiger charge is -2.36. The third-order valence-electron chi connectivity index (χ3n) is 7.39. The molecule has 8 nitrogen and oxygen atoms in total. The molecular weight excluding hydrogens is 518 g/mol. The molecule has 0 aliphatic heterocycles. The number of para-hydroxylation sites is 1. The minimum absolute atomic E-state index is 0.0431. The zero-order chi connectivity index (χ0) is 30.1. The number of aryl methyl sites for hydroxylation is 1. The fourth-order valence-corrected chi connectivity index (χ4v) is 5.08. The lowest BCUT2D eigenvalue weighted by Crippen LogP contribution is -2.55. The van der Waals surface area contributed by atoms with E-state index in [4.69, 9.17) is 4.74 Å². The quantitative estimate of drug-likeness (QED) is 0.299. The number of carbonyl (C=O) groups is 3. The van der Waals surface area contributed by atoms with E-state index in [-0.39, 0.29) is 23.6 Å². The van der Waals surface area contributed by atoms with Gasteiger partial charge in [-0.1, -0.05) is 69.3 Å². The van der Waals surface area contributed by atoms with E-state index in [0.29, 0.717) is 23.2 Å². The molecule has 0 bridgehead atoms. The van der Waals surface area contributed by atoms with E-state index in [0.717, 1.165) is 10.8 Å². The van der Waals surface area contributed by atoms with E-state index in [1.807, 2.05) is 63.2 Å². The van der Waals surface area contributed by atoms with E-state index < -0.39 is 35.6 Å². The normalized spacial score (nSPS) is 18.0. The number of nitrogens with zero attached hydrogens (tertiary/aromatic N) is 1. The molecular formula is C33H41N3O5. The second-order valence-corrected chi connectivity index (χ2v) is 12.4. The molecule has 0 radical (unpaired) electrons. The van der Waals surface area contributed by atoms with Crippen LogP contribution in [0.4, 0.5) is 10.5 Å². The van der Waals surface area contributed by atoms with Crippen molar-refractivity contribution in [3.8, 4) is 5.75 Å². The van der Waals surface area contributed by atoms with Crippen molar-refractivity contribution in [2.24, 2.45) is 11.8 Å². The van der Waals surface area contributed by atoms with Gasteiger partial charge in [0, 0.05) is 17.3 Å². The fourth-order valence-electron chi connectivity index (χ4n) is 5.08. The highest BCUT2D eigenvalue weighted by atomic mass is 16.6. The molecule has 3 N–H and O–H groups in total. The molecule has 0 saturated heterocycles. The molecule has 8 heteroatoms. The first kappa shape index (κ1) is 29.9. The van der Waals surface area contributed by atoms with Crippen molar-refractivity contribution in [3.63, 3.8) is 0 Å². The third kappa shape index (κ3) is 6.99. The first-order valence-corrected chi connectivity index (χ1v) is 14.2. The number of phenols is 1. The zero-order valence-electron chi connectivity index (χ0n) is 24.9. The summed E-state index contributed by atoms with van der Waals surface area (Å²) < 4.78 is 5.45. The number of rotatable bonds is 8. The average molecular weight is 560 g/mol. The molecule has 41 heavy (non-hydrogen) atoms. The third-order valence-corrected chi connectivity index (χ3v) is 7.39. The van der Waals surface area contributed by atoms with Crippen LogP contribution in [0.25, 0.3) is 10.8 Å². The first-order valence-electron chi connectivity index (χ1n) is 14.2. The van der Waals surface area contributed by atoms with Gasteiger partial charge in [0.2, 0.25) is 5.91 Å². The van der Waals surface area contributed by atoms with Crippen LogP contribution in [0.15, 0.2) is 60.7 Å². The molecule has 3 aromatic carbocycles. The van der Waals surface area contributed by atoms with E-state index >= 15 is 0 Å². The zero-order valence-corrected chi connectivity index (χ0v) is 24.9. The SMILES string of the molecule is Cc1cccc(C(C(=O)Nc2ccc3ccccc3c2)N(C(=O)C(NC(=O)OC(C)(C)C)C(C)C)C2CC2C)c1O. The van der Waals surface area contributed by atoms with Crippen LogP contribution in [-0.4, -0.2) is 45.6 Å². The van der Waals surface area contributed by atoms with Gasteiger partial charge < -0.3 is 25.4 Å². The van der Waals surface area contributed by atoms with Crippen LogP contribution in [0.1, 0.15) is 65.1 Å². The second-order valence-electron chi connectivity index (χ2n) is 12.4. The van der Waals surface area contributed by atoms with Crippen molar-refractivity contribution in [3.05, 3.63) is 71.8 Å². The largest absolute Gasteiger partial charge is 0.507 e. The lowest BCUT2D eigenvalue weighted by atomic mass is 9.96. The van der Waals surface area contributed by atoms with Crippen molar-refractivity contribution in [2.75, 3.05) is 5.32 Å². The second kappa shape index (κ2) is 11.8. The number of nitrogens with one attached hydrogen (secondary N) is 2. The Morgan fingerprint density at radius 3 is 2.27 bits per heavy atom. The number of benzene rings is 3. The van der Waals surface area contributed by atoms with Gasteiger partial charge >= 0.3 is 6.09 Å². The van der Waals surface area contributed by atoms with Crippen LogP contribution in [-0.2, 0) is 14.3 Å². The predicted octanol–water partition coefficient (Wildman–Crippen LogP) is 6.32. The van der Waals surface area contributed by atoms with Gasteiger partial charge in [-0.15, -0.1) is 0 Å². The number of fused-ring (bicyclic) bond motifs is 1. The summed E-state index contributed by atoms with van der Waals surface area (Å²) in [6, 6.07) is 16.3. The molecule has 3 amide bonds. The van der Waals surface area contributed by atoms with Gasteiger partial charge in [-0.05, 0) is 74.4 Å². The molecule has 1 fully saturated rings. The van der Waals surface area contributed by atoms with Gasteiger partial charge in [-0.2, -0.15) is 0 Å². The molecule has 1 aliphatic carbocycles. The highest BCUT2D eigenvalue weighted by Crippen LogP contribution is 2.43. The molecule has 0 aromatic heterocycles. The molecule has 0 spiro atoms. The fraction of sp³-hybridized carbons (Fsp3) is 0.424. The van der Waals surface area contributed by atoms with Crippen molar-refractivity contribution in [1.82, 2.24) is 10.2 Å². The lowest BCUT2D eigenvalue weighted by molar-refractivity contribution is -0.142. The molecule has 4 atom stereocenters. The molecule has 1 aliphatic rings. The Labute approximate surface area is 242 Å². The summed E-state index contributed by atoms with van der Waals surface area (Å²) in [4.78, 5) is 42.8. The molecule has 3 aromatic rings. The van der Waals surface area contributed by atoms with Crippen LogP contribution in [0.3, 0.4) is 0 Å². The van der Waals surface area contributed by atoms with Crippen LogP contribution >= 0.6 is 0 Å². The van der Waals surface area contributed by atoms with Crippen LogP contribution in [0.5, 0.6) is 5.75 Å². The Bertz CT molecular complexity index is 1440. The van der Waals surface area contributed by atoms with Crippen molar-refractivity contribution >= 4 is 34.4 Å². The average Bonchev–Trinajstić information content (AvgIpc) is 3.61. The smallest absolute Gasteiger partial charge is 0.408 e. The summed E-state index contributed by atoms with van der Waals surface area (Å²) >= 11 is 0. The van der Waals surface area contributed by atoms with Crippen molar-refractivity contribution in [1.29, 1.82) is 0 Å². The van der Waals surface area contributed by atoms with Crippen LogP contribution < -0.4 is 10.6 Å². The van der Waals surface area contributed by atoms with Gasteiger partial charge in [-0.25, -0.2) is 4.79 Å². The maximum atomic E-state index is 14.3.